The molecule has 0 radical (unpaired) electrons. The highest BCUT2D eigenvalue weighted by Crippen LogP contribution is 2.28. The monoisotopic (exact) mass is 359 g/mol. The van der Waals surface area contributed by atoms with Crippen molar-refractivity contribution in [2.75, 3.05) is 7.11 Å². The maximum Gasteiger partial charge on any atom is 0.307 e. The van der Waals surface area contributed by atoms with Crippen molar-refractivity contribution in [1.82, 2.24) is 4.72 Å². The highest BCUT2D eigenvalue weighted by Gasteiger charge is 2.26. The van der Waals surface area contributed by atoms with Crippen molar-refractivity contribution in [3.8, 4) is 0 Å². The molecule has 0 spiro atoms. The summed E-state index contributed by atoms with van der Waals surface area (Å²) in [6, 6.07) is 9.11. The number of hydrogen-bond acceptors (Lipinski definition) is 5. The molecule has 22 heavy (non-hydrogen) atoms. The zero-order valence-corrected chi connectivity index (χ0v) is 14.0. The fourth-order valence-electron chi connectivity index (χ4n) is 1.88. The average Bonchev–Trinajstić information content (AvgIpc) is 3.02. The molecule has 0 aliphatic rings. The number of ether oxygens (including phenoxy) is 1. The van der Waals surface area contributed by atoms with Gasteiger partial charge in [0.1, 0.15) is 4.21 Å². The number of hydrogen-bond donors (Lipinski definition) is 1. The number of thiophene rings is 1. The molecule has 0 aliphatic carbocycles. The predicted octanol–water partition coefficient (Wildman–Crippen LogP) is 2.98. The van der Waals surface area contributed by atoms with Crippen LogP contribution in [0, 0.1) is 0 Å². The lowest BCUT2D eigenvalue weighted by Gasteiger charge is -2.18. The molecule has 2 rings (SSSR count). The quantitative estimate of drug-likeness (QED) is 0.805. The Hall–Kier alpha value is -1.41. The third kappa shape index (κ3) is 4.07. The van der Waals surface area contributed by atoms with E-state index in [9.17, 15) is 13.2 Å². The lowest BCUT2D eigenvalue weighted by Crippen LogP contribution is -2.30. The topological polar surface area (TPSA) is 72.5 Å². The molecule has 0 fully saturated rings. The van der Waals surface area contributed by atoms with Crippen molar-refractivity contribution in [3.05, 3.63) is 52.4 Å². The third-order valence-electron chi connectivity index (χ3n) is 2.94. The summed E-state index contributed by atoms with van der Waals surface area (Å²) in [5.74, 6) is -0.529. The molecule has 118 valence electrons. The Balaban J connectivity index is 2.33. The van der Waals surface area contributed by atoms with Gasteiger partial charge in [0.25, 0.3) is 10.0 Å². The average molecular weight is 360 g/mol. The summed E-state index contributed by atoms with van der Waals surface area (Å²) in [7, 11) is -2.48. The number of benzene rings is 1. The summed E-state index contributed by atoms with van der Waals surface area (Å²) in [6.45, 7) is 0. The molecular weight excluding hydrogens is 346 g/mol. The summed E-state index contributed by atoms with van der Waals surface area (Å²) in [6.07, 6.45) is -0.148. The summed E-state index contributed by atoms with van der Waals surface area (Å²) in [4.78, 5) is 11.6. The number of sulfonamides is 1. The Bertz CT molecular complexity index is 744. The van der Waals surface area contributed by atoms with E-state index in [-0.39, 0.29) is 10.6 Å². The van der Waals surface area contributed by atoms with Crippen molar-refractivity contribution in [1.29, 1.82) is 0 Å². The van der Waals surface area contributed by atoms with Crippen LogP contribution >= 0.6 is 22.9 Å². The molecule has 1 aromatic carbocycles. The number of nitrogens with one attached hydrogen (secondary N) is 1. The number of carbonyl (C=O) groups excluding carboxylic acids is 1. The predicted molar refractivity (Wildman–Crippen MR) is 85.5 cm³/mol. The SMILES string of the molecule is COC(=O)C[C@@H](NS(=O)(=O)c1cccs1)c1ccccc1Cl. The summed E-state index contributed by atoms with van der Waals surface area (Å²) >= 11 is 7.21. The number of rotatable bonds is 6. The van der Waals surface area contributed by atoms with Gasteiger partial charge in [0.05, 0.1) is 19.6 Å². The van der Waals surface area contributed by atoms with Crippen molar-refractivity contribution in [3.63, 3.8) is 0 Å². The third-order valence-corrected chi connectivity index (χ3v) is 6.15. The fourth-order valence-corrected chi connectivity index (χ4v) is 4.38. The fraction of sp³-hybridized carbons (Fsp3) is 0.214. The Labute approximate surface area is 137 Å². The van der Waals surface area contributed by atoms with Gasteiger partial charge in [-0.1, -0.05) is 35.9 Å². The second kappa shape index (κ2) is 7.23. The Morgan fingerprint density at radius 3 is 2.64 bits per heavy atom. The van der Waals surface area contributed by atoms with Gasteiger partial charge in [0.15, 0.2) is 0 Å². The van der Waals surface area contributed by atoms with E-state index >= 15 is 0 Å². The highest BCUT2D eigenvalue weighted by molar-refractivity contribution is 7.91. The number of methoxy groups -OCH3 is 1. The molecule has 1 atom stereocenters. The van der Waals surface area contributed by atoms with Crippen LogP contribution in [-0.2, 0) is 19.6 Å². The normalized spacial score (nSPS) is 12.8. The van der Waals surface area contributed by atoms with Gasteiger partial charge in [-0.2, -0.15) is 0 Å². The molecule has 5 nitrogen and oxygen atoms in total. The molecule has 8 heteroatoms. The second-order valence-corrected chi connectivity index (χ2v) is 7.70. The van der Waals surface area contributed by atoms with Crippen LogP contribution in [0.4, 0.5) is 0 Å². The Morgan fingerprint density at radius 1 is 1.32 bits per heavy atom. The van der Waals surface area contributed by atoms with Crippen LogP contribution in [0.15, 0.2) is 46.0 Å². The first-order valence-electron chi connectivity index (χ1n) is 6.31. The molecule has 1 aromatic heterocycles. The van der Waals surface area contributed by atoms with Gasteiger partial charge in [-0.05, 0) is 23.1 Å². The van der Waals surface area contributed by atoms with Gasteiger partial charge in [-0.25, -0.2) is 13.1 Å². The minimum Gasteiger partial charge on any atom is -0.469 e. The van der Waals surface area contributed by atoms with E-state index in [1.807, 2.05) is 0 Å². The molecule has 1 heterocycles. The largest absolute Gasteiger partial charge is 0.469 e. The molecule has 0 aliphatic heterocycles. The van der Waals surface area contributed by atoms with Crippen LogP contribution in [0.3, 0.4) is 0 Å². The van der Waals surface area contributed by atoms with Gasteiger partial charge in [-0.3, -0.25) is 4.79 Å². The van der Waals surface area contributed by atoms with Crippen molar-refractivity contribution >= 4 is 38.9 Å². The van der Waals surface area contributed by atoms with Gasteiger partial charge in [-0.15, -0.1) is 11.3 Å². The first-order chi connectivity index (χ1) is 10.4. The molecule has 0 bridgehead atoms. The summed E-state index contributed by atoms with van der Waals surface area (Å²) in [5, 5.41) is 2.05. The first-order valence-corrected chi connectivity index (χ1v) is 9.05. The van der Waals surface area contributed by atoms with Crippen LogP contribution in [0.2, 0.25) is 5.02 Å². The van der Waals surface area contributed by atoms with E-state index < -0.39 is 22.0 Å². The molecule has 0 amide bonds. The molecular formula is C14H14ClNO4S2. The zero-order chi connectivity index (χ0) is 16.2. The van der Waals surface area contributed by atoms with E-state index in [0.29, 0.717) is 10.6 Å². The number of halogens is 1. The molecule has 0 unspecified atom stereocenters. The Morgan fingerprint density at radius 2 is 2.05 bits per heavy atom. The van der Waals surface area contributed by atoms with Crippen LogP contribution in [0.1, 0.15) is 18.0 Å². The van der Waals surface area contributed by atoms with Gasteiger partial charge in [0, 0.05) is 5.02 Å². The number of carbonyl (C=O) groups is 1. The molecule has 2 aromatic rings. The minimum atomic E-state index is -3.73. The van der Waals surface area contributed by atoms with Gasteiger partial charge in [0.2, 0.25) is 0 Å². The minimum absolute atomic E-state index is 0.148. The van der Waals surface area contributed by atoms with Crippen LogP contribution in [0.5, 0.6) is 0 Å². The van der Waals surface area contributed by atoms with Crippen molar-refractivity contribution in [2.45, 2.75) is 16.7 Å². The molecule has 1 N–H and O–H groups in total. The van der Waals surface area contributed by atoms with E-state index in [1.54, 1.807) is 35.7 Å². The maximum absolute atomic E-state index is 12.4. The second-order valence-electron chi connectivity index (χ2n) is 4.41. The van der Waals surface area contributed by atoms with Crippen molar-refractivity contribution in [2.24, 2.45) is 0 Å². The van der Waals surface area contributed by atoms with Gasteiger partial charge >= 0.3 is 5.97 Å². The number of esters is 1. The van der Waals surface area contributed by atoms with E-state index in [4.69, 9.17) is 11.6 Å². The van der Waals surface area contributed by atoms with E-state index in [0.717, 1.165) is 11.3 Å². The lowest BCUT2D eigenvalue weighted by molar-refractivity contribution is -0.141. The zero-order valence-electron chi connectivity index (χ0n) is 11.7. The van der Waals surface area contributed by atoms with Gasteiger partial charge < -0.3 is 4.74 Å². The summed E-state index contributed by atoms with van der Waals surface area (Å²) < 4.78 is 32.0. The van der Waals surface area contributed by atoms with E-state index in [2.05, 4.69) is 9.46 Å². The van der Waals surface area contributed by atoms with Crippen LogP contribution < -0.4 is 4.72 Å². The molecule has 0 saturated heterocycles. The van der Waals surface area contributed by atoms with Crippen LogP contribution in [-0.4, -0.2) is 21.5 Å². The Kier molecular flexibility index (Phi) is 5.57. The van der Waals surface area contributed by atoms with Crippen LogP contribution in [0.25, 0.3) is 0 Å². The highest BCUT2D eigenvalue weighted by atomic mass is 35.5. The maximum atomic E-state index is 12.4. The lowest BCUT2D eigenvalue weighted by atomic mass is 10.1. The smallest absolute Gasteiger partial charge is 0.307 e. The molecule has 0 saturated carbocycles. The van der Waals surface area contributed by atoms with Crippen molar-refractivity contribution < 1.29 is 17.9 Å². The standard InChI is InChI=1S/C14H14ClNO4S2/c1-20-13(17)9-12(10-5-2-3-6-11(10)15)16-22(18,19)14-7-4-8-21-14/h2-8,12,16H,9H2,1H3/t12-/m1/s1. The summed E-state index contributed by atoms with van der Waals surface area (Å²) in [5.41, 5.74) is 0.523. The van der Waals surface area contributed by atoms with E-state index in [1.165, 1.54) is 13.2 Å². The first kappa shape index (κ1) is 17.0.